The number of carboxylic acid groups (broad SMARTS) is 1. The third-order valence-electron chi connectivity index (χ3n) is 6.65. The summed E-state index contributed by atoms with van der Waals surface area (Å²) >= 11 is 7.87. The van der Waals surface area contributed by atoms with E-state index in [0.717, 1.165) is 42.3 Å². The summed E-state index contributed by atoms with van der Waals surface area (Å²) < 4.78 is 0. The van der Waals surface area contributed by atoms with E-state index in [4.69, 9.17) is 16.6 Å². The van der Waals surface area contributed by atoms with Crippen molar-refractivity contribution in [1.82, 2.24) is 4.98 Å². The molecule has 4 rings (SSSR count). The van der Waals surface area contributed by atoms with Crippen LogP contribution in [0.3, 0.4) is 0 Å². The minimum atomic E-state index is -0.767. The summed E-state index contributed by atoms with van der Waals surface area (Å²) in [6.07, 6.45) is 3.88. The molecule has 0 saturated heterocycles. The lowest BCUT2D eigenvalue weighted by atomic mass is 9.95. The van der Waals surface area contributed by atoms with Crippen molar-refractivity contribution in [2.45, 2.75) is 56.8 Å². The number of aryl methyl sites for hydroxylation is 3. The number of hydrogen-bond acceptors (Lipinski definition) is 4. The van der Waals surface area contributed by atoms with Crippen LogP contribution in [-0.4, -0.2) is 33.0 Å². The van der Waals surface area contributed by atoms with Gasteiger partial charge >= 0.3 is 5.97 Å². The lowest BCUT2D eigenvalue weighted by Gasteiger charge is -2.19. The van der Waals surface area contributed by atoms with Crippen molar-refractivity contribution in [3.05, 3.63) is 112 Å². The van der Waals surface area contributed by atoms with Crippen molar-refractivity contribution in [2.75, 3.05) is 5.75 Å². The Morgan fingerprint density at radius 3 is 2.53 bits per heavy atom. The Kier molecular flexibility index (Phi) is 10.2. The van der Waals surface area contributed by atoms with Gasteiger partial charge in [0.15, 0.2) is 0 Å². The first-order valence-corrected chi connectivity index (χ1v) is 14.5. The molecule has 2 unspecified atom stereocenters. The van der Waals surface area contributed by atoms with Crippen molar-refractivity contribution in [2.24, 2.45) is 0 Å². The van der Waals surface area contributed by atoms with E-state index >= 15 is 0 Å². The first-order valence-electron chi connectivity index (χ1n) is 13.1. The fourth-order valence-corrected chi connectivity index (χ4v) is 6.10. The van der Waals surface area contributed by atoms with E-state index in [1.807, 2.05) is 37.3 Å². The number of aliphatic hydroxyl groups is 1. The van der Waals surface area contributed by atoms with Gasteiger partial charge in [0.2, 0.25) is 0 Å². The molecule has 6 heteroatoms. The lowest BCUT2D eigenvalue weighted by Crippen LogP contribution is -2.08. The monoisotopic (exact) mass is 547 g/mol. The zero-order valence-electron chi connectivity index (χ0n) is 21.6. The zero-order valence-corrected chi connectivity index (χ0v) is 23.2. The highest BCUT2D eigenvalue weighted by atomic mass is 35.5. The Balaban J connectivity index is 1.47. The molecule has 0 aliphatic carbocycles. The number of hydrogen-bond donors (Lipinski definition) is 2. The highest BCUT2D eigenvalue weighted by Gasteiger charge is 2.16. The van der Waals surface area contributed by atoms with Gasteiger partial charge in [0.05, 0.1) is 18.0 Å². The number of rotatable bonds is 13. The lowest BCUT2D eigenvalue weighted by molar-refractivity contribution is -0.136. The minimum Gasteiger partial charge on any atom is -0.481 e. The molecule has 0 aliphatic heterocycles. The zero-order chi connectivity index (χ0) is 26.9. The standard InChI is InChI=1S/C32H34ClNO3S/c1-22(35)19-26-7-3-2-6-24(26)12-16-31(38-18-17-32(36)37)27-8-4-5-23(20-27)9-14-29-15-11-25-10-13-28(33)21-30(25)34-29/h2-8,10-11,13,15,20-22,31,35H,9,12,14,16-19H2,1H3,(H,36,37). The number of carbonyl (C=O) groups is 1. The Morgan fingerprint density at radius 2 is 1.74 bits per heavy atom. The van der Waals surface area contributed by atoms with Gasteiger partial charge in [-0.2, -0.15) is 11.8 Å². The largest absolute Gasteiger partial charge is 0.481 e. The summed E-state index contributed by atoms with van der Waals surface area (Å²) in [4.78, 5) is 16.0. The van der Waals surface area contributed by atoms with E-state index in [2.05, 4.69) is 48.5 Å². The summed E-state index contributed by atoms with van der Waals surface area (Å²) in [5.74, 6) is -0.195. The fraction of sp³-hybridized carbons (Fsp3) is 0.312. The Morgan fingerprint density at radius 1 is 0.947 bits per heavy atom. The van der Waals surface area contributed by atoms with Crippen LogP contribution in [0.15, 0.2) is 78.9 Å². The summed E-state index contributed by atoms with van der Waals surface area (Å²) in [6.45, 7) is 1.81. The van der Waals surface area contributed by atoms with Gasteiger partial charge in [-0.25, -0.2) is 0 Å². The van der Waals surface area contributed by atoms with Gasteiger partial charge in [-0.3, -0.25) is 9.78 Å². The van der Waals surface area contributed by atoms with Gasteiger partial charge in [-0.1, -0.05) is 72.3 Å². The molecule has 4 nitrogen and oxygen atoms in total. The van der Waals surface area contributed by atoms with Crippen molar-refractivity contribution >= 4 is 40.2 Å². The molecule has 1 aromatic heterocycles. The predicted octanol–water partition coefficient (Wildman–Crippen LogP) is 7.48. The number of nitrogens with zero attached hydrogens (tertiary/aromatic N) is 1. The smallest absolute Gasteiger partial charge is 0.304 e. The van der Waals surface area contributed by atoms with Crippen LogP contribution in [0.2, 0.25) is 5.02 Å². The number of halogens is 1. The number of aliphatic hydroxyl groups excluding tert-OH is 1. The quantitative estimate of drug-likeness (QED) is 0.181. The maximum atomic E-state index is 11.2. The molecule has 4 aromatic rings. The van der Waals surface area contributed by atoms with Crippen LogP contribution < -0.4 is 0 Å². The molecule has 0 bridgehead atoms. The highest BCUT2D eigenvalue weighted by molar-refractivity contribution is 7.99. The predicted molar refractivity (Wildman–Crippen MR) is 158 cm³/mol. The van der Waals surface area contributed by atoms with Gasteiger partial charge in [-0.15, -0.1) is 0 Å². The van der Waals surface area contributed by atoms with Crippen molar-refractivity contribution in [1.29, 1.82) is 0 Å². The summed E-state index contributed by atoms with van der Waals surface area (Å²) in [5.41, 5.74) is 6.84. The summed E-state index contributed by atoms with van der Waals surface area (Å²) in [6, 6.07) is 26.9. The van der Waals surface area contributed by atoms with Gasteiger partial charge in [0.25, 0.3) is 0 Å². The highest BCUT2D eigenvalue weighted by Crippen LogP contribution is 2.35. The normalized spacial score (nSPS) is 12.9. The molecular formula is C32H34ClNO3S. The number of aromatic nitrogens is 1. The maximum absolute atomic E-state index is 11.2. The fourth-order valence-electron chi connectivity index (χ4n) is 4.73. The average molecular weight is 548 g/mol. The number of aliphatic carboxylic acids is 1. The second kappa shape index (κ2) is 13.8. The van der Waals surface area contributed by atoms with Crippen LogP contribution >= 0.6 is 23.4 Å². The van der Waals surface area contributed by atoms with E-state index in [9.17, 15) is 15.0 Å². The van der Waals surface area contributed by atoms with Crippen LogP contribution in [0.5, 0.6) is 0 Å². The van der Waals surface area contributed by atoms with Gasteiger partial charge in [-0.05, 0) is 79.5 Å². The summed E-state index contributed by atoms with van der Waals surface area (Å²) in [7, 11) is 0. The Bertz CT molecular complexity index is 1370. The topological polar surface area (TPSA) is 70.4 Å². The van der Waals surface area contributed by atoms with Crippen molar-refractivity contribution in [3.8, 4) is 0 Å². The number of thioether (sulfide) groups is 1. The number of carboxylic acids is 1. The molecule has 3 aromatic carbocycles. The first-order chi connectivity index (χ1) is 18.4. The molecule has 0 amide bonds. The number of benzene rings is 3. The second-order valence-electron chi connectivity index (χ2n) is 9.75. The van der Waals surface area contributed by atoms with Crippen LogP contribution in [0.25, 0.3) is 10.9 Å². The molecule has 0 fully saturated rings. The van der Waals surface area contributed by atoms with E-state index in [0.29, 0.717) is 17.2 Å². The Labute approximate surface area is 234 Å². The van der Waals surface area contributed by atoms with Crippen LogP contribution in [0.1, 0.15) is 53.0 Å². The Hall–Kier alpha value is -2.86. The molecule has 1 heterocycles. The number of fused-ring (bicyclic) bond motifs is 1. The molecule has 0 aliphatic rings. The molecular weight excluding hydrogens is 514 g/mol. The third-order valence-corrected chi connectivity index (χ3v) is 8.23. The minimum absolute atomic E-state index is 0.150. The molecule has 0 saturated carbocycles. The molecule has 2 atom stereocenters. The van der Waals surface area contributed by atoms with Crippen molar-refractivity contribution < 1.29 is 15.0 Å². The van der Waals surface area contributed by atoms with Gasteiger partial charge in [0.1, 0.15) is 0 Å². The SMILES string of the molecule is CC(O)Cc1ccccc1CCC(SCCC(=O)O)c1cccc(CCc2ccc3ccc(Cl)cc3n2)c1. The molecule has 2 N–H and O–H groups in total. The molecule has 198 valence electrons. The van der Waals surface area contributed by atoms with Crippen LogP contribution in [0, 0.1) is 0 Å². The van der Waals surface area contributed by atoms with Crippen LogP contribution in [-0.2, 0) is 30.5 Å². The first kappa shape index (κ1) is 28.2. The molecule has 0 spiro atoms. The van der Waals surface area contributed by atoms with E-state index < -0.39 is 5.97 Å². The van der Waals surface area contributed by atoms with E-state index in [1.165, 1.54) is 22.3 Å². The van der Waals surface area contributed by atoms with Gasteiger partial charge < -0.3 is 10.2 Å². The third kappa shape index (κ3) is 8.32. The molecule has 0 radical (unpaired) electrons. The van der Waals surface area contributed by atoms with Crippen molar-refractivity contribution in [3.63, 3.8) is 0 Å². The second-order valence-corrected chi connectivity index (χ2v) is 11.5. The van der Waals surface area contributed by atoms with Crippen LogP contribution in [0.4, 0.5) is 0 Å². The van der Waals surface area contributed by atoms with E-state index in [-0.39, 0.29) is 17.8 Å². The van der Waals surface area contributed by atoms with Gasteiger partial charge in [0, 0.05) is 27.1 Å². The summed E-state index contributed by atoms with van der Waals surface area (Å²) in [5, 5.41) is 21.0. The number of pyridine rings is 1. The van der Waals surface area contributed by atoms with E-state index in [1.54, 1.807) is 11.8 Å². The maximum Gasteiger partial charge on any atom is 0.304 e. The average Bonchev–Trinajstić information content (AvgIpc) is 2.89. The molecule has 38 heavy (non-hydrogen) atoms.